The molecule has 7 nitrogen and oxygen atoms in total. The van der Waals surface area contributed by atoms with E-state index in [4.69, 9.17) is 9.47 Å². The van der Waals surface area contributed by atoms with Crippen molar-refractivity contribution in [2.45, 2.75) is 39.1 Å². The average Bonchev–Trinajstić information content (AvgIpc) is 2.68. The van der Waals surface area contributed by atoms with Crippen LogP contribution in [0.2, 0.25) is 0 Å². The van der Waals surface area contributed by atoms with Crippen LogP contribution in [0.4, 0.5) is 8.78 Å². The highest BCUT2D eigenvalue weighted by atomic mass is 127. The van der Waals surface area contributed by atoms with Crippen LogP contribution in [0, 0.1) is 0 Å². The third-order valence-electron chi connectivity index (χ3n) is 4.70. The largest absolute Gasteiger partial charge is 0.497 e. The van der Waals surface area contributed by atoms with Crippen LogP contribution in [0.3, 0.4) is 0 Å². The molecule has 2 N–H and O–H groups in total. The SMILES string of the molecule is CN=C(NCc1cc(OC)ccc1OC(F)F)NCC(C)N1CCOCC1C.I. The highest BCUT2D eigenvalue weighted by Gasteiger charge is 2.23. The van der Waals surface area contributed by atoms with Gasteiger partial charge in [-0.1, -0.05) is 0 Å². The minimum Gasteiger partial charge on any atom is -0.497 e. The van der Waals surface area contributed by atoms with E-state index in [0.717, 1.165) is 19.8 Å². The zero-order chi connectivity index (χ0) is 20.5. The van der Waals surface area contributed by atoms with E-state index in [1.807, 2.05) is 0 Å². The third kappa shape index (κ3) is 8.09. The van der Waals surface area contributed by atoms with Gasteiger partial charge in [-0.25, -0.2) is 0 Å². The summed E-state index contributed by atoms with van der Waals surface area (Å²) in [5.74, 6) is 1.25. The normalized spacial score (nSPS) is 18.7. The van der Waals surface area contributed by atoms with E-state index in [-0.39, 0.29) is 36.3 Å². The molecule has 10 heteroatoms. The Balaban J connectivity index is 0.00000420. The second-order valence-electron chi connectivity index (χ2n) is 6.67. The molecule has 0 saturated carbocycles. The van der Waals surface area contributed by atoms with Crippen molar-refractivity contribution in [1.29, 1.82) is 0 Å². The number of methoxy groups -OCH3 is 1. The second kappa shape index (κ2) is 13.0. The van der Waals surface area contributed by atoms with Crippen LogP contribution in [0.5, 0.6) is 11.5 Å². The summed E-state index contributed by atoms with van der Waals surface area (Å²) in [7, 11) is 3.19. The van der Waals surface area contributed by atoms with E-state index in [2.05, 4.69) is 39.1 Å². The quantitative estimate of drug-likeness (QED) is 0.308. The Labute approximate surface area is 188 Å². The Bertz CT molecular complexity index is 652. The van der Waals surface area contributed by atoms with Crippen molar-refractivity contribution < 1.29 is 23.0 Å². The molecule has 2 rings (SSSR count). The first-order valence-electron chi connectivity index (χ1n) is 9.34. The monoisotopic (exact) mass is 528 g/mol. The lowest BCUT2D eigenvalue weighted by Gasteiger charge is -2.38. The lowest BCUT2D eigenvalue weighted by atomic mass is 10.2. The topological polar surface area (TPSA) is 67.4 Å². The smallest absolute Gasteiger partial charge is 0.387 e. The van der Waals surface area contributed by atoms with Crippen molar-refractivity contribution in [3.8, 4) is 11.5 Å². The van der Waals surface area contributed by atoms with Gasteiger partial charge in [0.1, 0.15) is 11.5 Å². The van der Waals surface area contributed by atoms with E-state index in [1.165, 1.54) is 13.2 Å². The molecular weight excluding hydrogens is 497 g/mol. The first-order chi connectivity index (χ1) is 13.4. The standard InChI is InChI=1S/C19H30F2N4O3.HI/c1-13(25-7-8-27-12-14(25)2)10-23-19(22-3)24-11-15-9-16(26-4)5-6-17(15)28-18(20)21;/h5-6,9,13-14,18H,7-8,10-12H2,1-4H3,(H2,22,23,24);1H. The fourth-order valence-corrected chi connectivity index (χ4v) is 3.19. The van der Waals surface area contributed by atoms with Gasteiger partial charge in [0.15, 0.2) is 5.96 Å². The molecule has 1 heterocycles. The number of rotatable bonds is 8. The molecular formula is C19H31F2IN4O3. The predicted octanol–water partition coefficient (Wildman–Crippen LogP) is 2.69. The zero-order valence-electron chi connectivity index (χ0n) is 17.3. The van der Waals surface area contributed by atoms with E-state index >= 15 is 0 Å². The summed E-state index contributed by atoms with van der Waals surface area (Å²) in [5, 5.41) is 6.42. The molecule has 0 aromatic heterocycles. The lowest BCUT2D eigenvalue weighted by molar-refractivity contribution is -0.0505. The number of nitrogens with zero attached hydrogens (tertiary/aromatic N) is 2. The van der Waals surface area contributed by atoms with E-state index < -0.39 is 6.61 Å². The molecule has 1 aliphatic rings. The lowest BCUT2D eigenvalue weighted by Crippen LogP contribution is -2.52. The van der Waals surface area contributed by atoms with Crippen LogP contribution < -0.4 is 20.1 Å². The van der Waals surface area contributed by atoms with Crippen LogP contribution in [0.15, 0.2) is 23.2 Å². The maximum Gasteiger partial charge on any atom is 0.387 e. The van der Waals surface area contributed by atoms with Gasteiger partial charge < -0.3 is 24.8 Å². The summed E-state index contributed by atoms with van der Waals surface area (Å²) in [6.07, 6.45) is 0. The summed E-state index contributed by atoms with van der Waals surface area (Å²) in [4.78, 5) is 6.59. The molecule has 1 fully saturated rings. The van der Waals surface area contributed by atoms with Crippen molar-refractivity contribution in [3.05, 3.63) is 23.8 Å². The van der Waals surface area contributed by atoms with Crippen molar-refractivity contribution in [2.24, 2.45) is 4.99 Å². The number of nitrogens with one attached hydrogen (secondary N) is 2. The number of morpholine rings is 1. The van der Waals surface area contributed by atoms with Crippen molar-refractivity contribution >= 4 is 29.9 Å². The Kier molecular flexibility index (Phi) is 11.5. The summed E-state index contributed by atoms with van der Waals surface area (Å²) < 4.78 is 40.5. The van der Waals surface area contributed by atoms with Crippen molar-refractivity contribution in [3.63, 3.8) is 0 Å². The number of hydrogen-bond donors (Lipinski definition) is 2. The molecule has 0 aliphatic carbocycles. The maximum absolute atomic E-state index is 12.6. The number of benzene rings is 1. The molecule has 166 valence electrons. The van der Waals surface area contributed by atoms with Gasteiger partial charge in [-0.2, -0.15) is 8.78 Å². The zero-order valence-corrected chi connectivity index (χ0v) is 19.6. The fourth-order valence-electron chi connectivity index (χ4n) is 3.19. The summed E-state index contributed by atoms with van der Waals surface area (Å²) >= 11 is 0. The molecule has 0 spiro atoms. The van der Waals surface area contributed by atoms with Gasteiger partial charge >= 0.3 is 6.61 Å². The minimum atomic E-state index is -2.89. The van der Waals surface area contributed by atoms with Gasteiger partial charge in [0, 0.05) is 44.3 Å². The van der Waals surface area contributed by atoms with E-state index in [1.54, 1.807) is 19.2 Å². The number of ether oxygens (including phenoxy) is 3. The predicted molar refractivity (Wildman–Crippen MR) is 120 cm³/mol. The Morgan fingerprint density at radius 3 is 2.76 bits per heavy atom. The molecule has 0 radical (unpaired) electrons. The molecule has 1 aromatic carbocycles. The summed E-state index contributed by atoms with van der Waals surface area (Å²) in [5.41, 5.74) is 0.553. The molecule has 2 unspecified atom stereocenters. The van der Waals surface area contributed by atoms with Gasteiger partial charge in [-0.15, -0.1) is 24.0 Å². The third-order valence-corrected chi connectivity index (χ3v) is 4.70. The molecule has 0 bridgehead atoms. The van der Waals surface area contributed by atoms with Crippen LogP contribution in [-0.4, -0.2) is 70.0 Å². The second-order valence-corrected chi connectivity index (χ2v) is 6.67. The Morgan fingerprint density at radius 1 is 1.38 bits per heavy atom. The van der Waals surface area contributed by atoms with Crippen LogP contribution in [-0.2, 0) is 11.3 Å². The van der Waals surface area contributed by atoms with Gasteiger partial charge in [0.05, 0.1) is 20.3 Å². The molecule has 29 heavy (non-hydrogen) atoms. The number of halogens is 3. The number of guanidine groups is 1. The number of hydrogen-bond acceptors (Lipinski definition) is 5. The first kappa shape index (κ1) is 25.6. The van der Waals surface area contributed by atoms with Crippen LogP contribution >= 0.6 is 24.0 Å². The minimum absolute atomic E-state index is 0. The molecule has 0 amide bonds. The summed E-state index contributed by atoms with van der Waals surface area (Å²) in [6, 6.07) is 5.38. The molecule has 1 aromatic rings. The van der Waals surface area contributed by atoms with E-state index in [9.17, 15) is 8.78 Å². The summed E-state index contributed by atoms with van der Waals surface area (Å²) in [6.45, 7) is 4.75. The van der Waals surface area contributed by atoms with Gasteiger partial charge in [0.2, 0.25) is 0 Å². The molecule has 1 aliphatic heterocycles. The van der Waals surface area contributed by atoms with Crippen LogP contribution in [0.25, 0.3) is 0 Å². The van der Waals surface area contributed by atoms with Gasteiger partial charge in [0.25, 0.3) is 0 Å². The number of alkyl halides is 2. The average molecular weight is 528 g/mol. The highest BCUT2D eigenvalue weighted by Crippen LogP contribution is 2.25. The van der Waals surface area contributed by atoms with Gasteiger partial charge in [-0.3, -0.25) is 9.89 Å². The first-order valence-corrected chi connectivity index (χ1v) is 9.34. The fraction of sp³-hybridized carbons (Fsp3) is 0.632. The highest BCUT2D eigenvalue weighted by molar-refractivity contribution is 14.0. The van der Waals surface area contributed by atoms with Gasteiger partial charge in [-0.05, 0) is 32.0 Å². The Hall–Kier alpha value is -1.40. The van der Waals surface area contributed by atoms with E-state index in [0.29, 0.717) is 35.9 Å². The number of aliphatic imine (C=N–C) groups is 1. The maximum atomic E-state index is 12.6. The van der Waals surface area contributed by atoms with Crippen molar-refractivity contribution in [2.75, 3.05) is 40.5 Å². The van der Waals surface area contributed by atoms with Crippen molar-refractivity contribution in [1.82, 2.24) is 15.5 Å². The van der Waals surface area contributed by atoms with Crippen LogP contribution in [0.1, 0.15) is 19.4 Å². The molecule has 1 saturated heterocycles. The Morgan fingerprint density at radius 2 is 2.14 bits per heavy atom. The molecule has 2 atom stereocenters.